The number of aromatic nitrogens is 4. The molecule has 0 spiro atoms. The van der Waals surface area contributed by atoms with Crippen LogP contribution in [0.1, 0.15) is 51.0 Å². The summed E-state index contributed by atoms with van der Waals surface area (Å²) in [7, 11) is 1.58. The molecule has 1 aliphatic rings. The first-order chi connectivity index (χ1) is 17.6. The highest BCUT2D eigenvalue weighted by molar-refractivity contribution is 5.89. The number of carbonyl (C=O) groups is 2. The van der Waals surface area contributed by atoms with Gasteiger partial charge < -0.3 is 24.1 Å². The summed E-state index contributed by atoms with van der Waals surface area (Å²) in [5, 5.41) is 15.4. The van der Waals surface area contributed by atoms with Gasteiger partial charge in [-0.25, -0.2) is 0 Å². The van der Waals surface area contributed by atoms with Crippen LogP contribution in [0, 0.1) is 6.92 Å². The normalized spacial score (nSPS) is 16.4. The predicted molar refractivity (Wildman–Crippen MR) is 135 cm³/mol. The number of carbonyl (C=O) groups excluding carboxylic acids is 2. The molecule has 3 aromatic rings. The zero-order chi connectivity index (χ0) is 26.6. The average Bonchev–Trinajstić information content (AvgIpc) is 3.60. The molecule has 1 saturated heterocycles. The first-order valence-corrected chi connectivity index (χ1v) is 12.3. The van der Waals surface area contributed by atoms with Crippen molar-refractivity contribution in [1.82, 2.24) is 30.4 Å². The summed E-state index contributed by atoms with van der Waals surface area (Å²) in [6.07, 6.45) is 1.55. The summed E-state index contributed by atoms with van der Waals surface area (Å²) in [5.74, 6) is 1.50. The van der Waals surface area contributed by atoms with Gasteiger partial charge in [0.2, 0.25) is 17.6 Å². The monoisotopic (exact) mass is 510 g/mol. The molecule has 0 saturated carbocycles. The van der Waals surface area contributed by atoms with Crippen LogP contribution in [0.2, 0.25) is 0 Å². The Labute approximate surface area is 216 Å². The van der Waals surface area contributed by atoms with Gasteiger partial charge in [0.05, 0.1) is 13.2 Å². The second-order valence-electron chi connectivity index (χ2n) is 10.1. The molecule has 0 aliphatic carbocycles. The number of aryl methyl sites for hydroxylation is 1. The summed E-state index contributed by atoms with van der Waals surface area (Å²) < 4.78 is 16.7. The van der Waals surface area contributed by atoms with E-state index in [-0.39, 0.29) is 36.8 Å². The number of hydrogen-bond acceptors (Lipinski definition) is 8. The van der Waals surface area contributed by atoms with E-state index in [1.807, 2.05) is 27.7 Å². The van der Waals surface area contributed by atoms with Gasteiger partial charge in [-0.1, -0.05) is 12.1 Å². The Balaban J connectivity index is 1.65. The standard InChI is InChI=1S/C26H34N6O5/c1-17-8-13-21(37-17)24-28-30-32(29-24)16-22(33)31(15-20-7-6-14-36-20)23(25(34)27-26(2,3)4)18-9-11-19(35-5)12-10-18/h8-13,20,23H,6-7,14-16H2,1-5H3,(H,27,34)/t20-,23+/m1/s1. The summed E-state index contributed by atoms with van der Waals surface area (Å²) in [6, 6.07) is 9.81. The minimum atomic E-state index is -0.891. The number of ether oxygens (including phenoxy) is 2. The highest BCUT2D eigenvalue weighted by atomic mass is 16.5. The van der Waals surface area contributed by atoms with Crippen LogP contribution in [0.4, 0.5) is 0 Å². The number of nitrogens with zero attached hydrogens (tertiary/aromatic N) is 5. The molecule has 4 rings (SSSR count). The maximum absolute atomic E-state index is 13.8. The van der Waals surface area contributed by atoms with Crippen molar-refractivity contribution in [3.05, 3.63) is 47.7 Å². The van der Waals surface area contributed by atoms with E-state index < -0.39 is 11.6 Å². The highest BCUT2D eigenvalue weighted by Crippen LogP contribution is 2.27. The van der Waals surface area contributed by atoms with Gasteiger partial charge >= 0.3 is 0 Å². The van der Waals surface area contributed by atoms with E-state index in [4.69, 9.17) is 13.9 Å². The van der Waals surface area contributed by atoms with Gasteiger partial charge in [-0.3, -0.25) is 9.59 Å². The number of hydrogen-bond donors (Lipinski definition) is 1. The van der Waals surface area contributed by atoms with E-state index in [1.165, 1.54) is 4.80 Å². The fourth-order valence-corrected chi connectivity index (χ4v) is 4.23. The third-order valence-corrected chi connectivity index (χ3v) is 5.92. The van der Waals surface area contributed by atoms with Crippen molar-refractivity contribution in [3.8, 4) is 17.3 Å². The van der Waals surface area contributed by atoms with Crippen LogP contribution < -0.4 is 10.1 Å². The van der Waals surface area contributed by atoms with Crippen LogP contribution in [0.15, 0.2) is 40.8 Å². The van der Waals surface area contributed by atoms with Crippen LogP contribution in [0.25, 0.3) is 11.6 Å². The molecular formula is C26H34N6O5. The molecular weight excluding hydrogens is 476 g/mol. The Morgan fingerprint density at radius 2 is 1.97 bits per heavy atom. The van der Waals surface area contributed by atoms with Crippen LogP contribution in [-0.4, -0.2) is 68.8 Å². The molecule has 0 unspecified atom stereocenters. The lowest BCUT2D eigenvalue weighted by Gasteiger charge is -2.35. The number of nitrogens with one attached hydrogen (secondary N) is 1. The van der Waals surface area contributed by atoms with Gasteiger partial charge in [-0.2, -0.15) is 4.80 Å². The summed E-state index contributed by atoms with van der Waals surface area (Å²) in [4.78, 5) is 30.2. The van der Waals surface area contributed by atoms with Crippen LogP contribution in [-0.2, 0) is 20.9 Å². The van der Waals surface area contributed by atoms with E-state index >= 15 is 0 Å². The molecule has 11 nitrogen and oxygen atoms in total. The maximum atomic E-state index is 13.8. The molecule has 11 heteroatoms. The molecule has 198 valence electrons. The second-order valence-corrected chi connectivity index (χ2v) is 10.1. The number of tetrazole rings is 1. The molecule has 37 heavy (non-hydrogen) atoms. The van der Waals surface area contributed by atoms with E-state index in [1.54, 1.807) is 48.4 Å². The van der Waals surface area contributed by atoms with Crippen LogP contribution >= 0.6 is 0 Å². The van der Waals surface area contributed by atoms with Gasteiger partial charge in [0.15, 0.2) is 5.76 Å². The van der Waals surface area contributed by atoms with Crippen molar-refractivity contribution < 1.29 is 23.5 Å². The fourth-order valence-electron chi connectivity index (χ4n) is 4.23. The Kier molecular flexibility index (Phi) is 7.91. The van der Waals surface area contributed by atoms with E-state index in [0.29, 0.717) is 23.7 Å². The van der Waals surface area contributed by atoms with E-state index in [9.17, 15) is 9.59 Å². The zero-order valence-corrected chi connectivity index (χ0v) is 21.9. The van der Waals surface area contributed by atoms with Gasteiger partial charge in [-0.05, 0) is 75.6 Å². The Bertz CT molecular complexity index is 1210. The molecule has 2 aromatic heterocycles. The van der Waals surface area contributed by atoms with E-state index in [2.05, 4.69) is 20.7 Å². The van der Waals surface area contributed by atoms with Gasteiger partial charge in [-0.15, -0.1) is 10.2 Å². The number of furan rings is 1. The van der Waals surface area contributed by atoms with Crippen molar-refractivity contribution in [2.24, 2.45) is 0 Å². The number of amides is 2. The van der Waals surface area contributed by atoms with Gasteiger partial charge in [0.1, 0.15) is 24.1 Å². The molecule has 1 aliphatic heterocycles. The lowest BCUT2D eigenvalue weighted by molar-refractivity contribution is -0.144. The first kappa shape index (κ1) is 26.3. The van der Waals surface area contributed by atoms with Crippen molar-refractivity contribution in [3.63, 3.8) is 0 Å². The molecule has 2 atom stereocenters. The Hall–Kier alpha value is -3.73. The van der Waals surface area contributed by atoms with Gasteiger partial charge in [0, 0.05) is 18.7 Å². The summed E-state index contributed by atoms with van der Waals surface area (Å²) >= 11 is 0. The summed E-state index contributed by atoms with van der Waals surface area (Å²) in [6.45, 7) is 8.21. The first-order valence-electron chi connectivity index (χ1n) is 12.3. The van der Waals surface area contributed by atoms with Crippen LogP contribution in [0.3, 0.4) is 0 Å². The zero-order valence-electron chi connectivity index (χ0n) is 21.9. The number of benzene rings is 1. The Morgan fingerprint density at radius 1 is 1.22 bits per heavy atom. The van der Waals surface area contributed by atoms with Crippen molar-refractivity contribution >= 4 is 11.8 Å². The summed E-state index contributed by atoms with van der Waals surface area (Å²) in [5.41, 5.74) is 0.163. The molecule has 1 N–H and O–H groups in total. The molecule has 2 amide bonds. The minimum Gasteiger partial charge on any atom is -0.497 e. The molecule has 3 heterocycles. The number of methoxy groups -OCH3 is 1. The fraction of sp³-hybridized carbons (Fsp3) is 0.500. The molecule has 0 radical (unpaired) electrons. The van der Waals surface area contributed by atoms with Crippen LogP contribution in [0.5, 0.6) is 5.75 Å². The SMILES string of the molecule is COc1ccc([C@@H](C(=O)NC(C)(C)C)N(C[C@H]2CCCO2)C(=O)Cn2nnc(-c3ccc(C)o3)n2)cc1. The quantitative estimate of drug-likeness (QED) is 0.466. The van der Waals surface area contributed by atoms with Crippen molar-refractivity contribution in [2.75, 3.05) is 20.3 Å². The number of rotatable bonds is 9. The molecule has 1 fully saturated rings. The third-order valence-electron chi connectivity index (χ3n) is 5.92. The largest absolute Gasteiger partial charge is 0.497 e. The second kappa shape index (κ2) is 11.1. The van der Waals surface area contributed by atoms with Crippen molar-refractivity contribution in [1.29, 1.82) is 0 Å². The van der Waals surface area contributed by atoms with Gasteiger partial charge in [0.25, 0.3) is 0 Å². The predicted octanol–water partition coefficient (Wildman–Crippen LogP) is 2.91. The lowest BCUT2D eigenvalue weighted by Crippen LogP contribution is -2.51. The lowest BCUT2D eigenvalue weighted by atomic mass is 10.0. The maximum Gasteiger partial charge on any atom is 0.247 e. The topological polar surface area (TPSA) is 125 Å². The minimum absolute atomic E-state index is 0.169. The smallest absolute Gasteiger partial charge is 0.247 e. The third kappa shape index (κ3) is 6.73. The Morgan fingerprint density at radius 3 is 2.57 bits per heavy atom. The highest BCUT2D eigenvalue weighted by Gasteiger charge is 2.36. The molecule has 0 bridgehead atoms. The average molecular weight is 511 g/mol. The van der Waals surface area contributed by atoms with E-state index in [0.717, 1.165) is 18.6 Å². The molecule has 1 aromatic carbocycles. The van der Waals surface area contributed by atoms with Crippen molar-refractivity contribution in [2.45, 2.75) is 64.8 Å².